The lowest BCUT2D eigenvalue weighted by atomic mass is 9.89. The SMILES string of the molecule is CCCC1(O)CN(Cc2ccoc2)C1. The van der Waals surface area contributed by atoms with E-state index in [1.807, 2.05) is 6.07 Å². The van der Waals surface area contributed by atoms with Crippen LogP contribution in [0.3, 0.4) is 0 Å². The topological polar surface area (TPSA) is 36.6 Å². The molecule has 0 bridgehead atoms. The van der Waals surface area contributed by atoms with Gasteiger partial charge in [0.25, 0.3) is 0 Å². The van der Waals surface area contributed by atoms with E-state index < -0.39 is 5.60 Å². The molecule has 0 spiro atoms. The number of likely N-dealkylation sites (tertiary alicyclic amines) is 1. The molecule has 1 fully saturated rings. The molecule has 14 heavy (non-hydrogen) atoms. The van der Waals surface area contributed by atoms with Crippen LogP contribution in [-0.2, 0) is 6.54 Å². The van der Waals surface area contributed by atoms with E-state index in [0.29, 0.717) is 0 Å². The van der Waals surface area contributed by atoms with E-state index in [4.69, 9.17) is 4.42 Å². The second-order valence-corrected chi connectivity index (χ2v) is 4.25. The lowest BCUT2D eigenvalue weighted by Gasteiger charge is -2.46. The van der Waals surface area contributed by atoms with Crippen LogP contribution >= 0.6 is 0 Å². The number of hydrogen-bond acceptors (Lipinski definition) is 3. The van der Waals surface area contributed by atoms with E-state index in [2.05, 4.69) is 11.8 Å². The van der Waals surface area contributed by atoms with Gasteiger partial charge < -0.3 is 9.52 Å². The maximum Gasteiger partial charge on any atom is 0.0947 e. The van der Waals surface area contributed by atoms with Crippen molar-refractivity contribution in [3.05, 3.63) is 24.2 Å². The fourth-order valence-corrected chi connectivity index (χ4v) is 2.16. The average molecular weight is 195 g/mol. The zero-order valence-electron chi connectivity index (χ0n) is 8.57. The maximum atomic E-state index is 9.94. The molecule has 0 amide bonds. The molecule has 1 N–H and O–H groups in total. The molecule has 0 aliphatic carbocycles. The van der Waals surface area contributed by atoms with Gasteiger partial charge in [0.2, 0.25) is 0 Å². The Balaban J connectivity index is 1.78. The summed E-state index contributed by atoms with van der Waals surface area (Å²) in [5, 5.41) is 9.94. The first-order valence-electron chi connectivity index (χ1n) is 5.18. The predicted octanol–water partition coefficient (Wildman–Crippen LogP) is 1.63. The highest BCUT2D eigenvalue weighted by atomic mass is 16.3. The Morgan fingerprint density at radius 1 is 1.57 bits per heavy atom. The monoisotopic (exact) mass is 195 g/mol. The highest BCUT2D eigenvalue weighted by Gasteiger charge is 2.39. The Labute approximate surface area is 84.3 Å². The van der Waals surface area contributed by atoms with Crippen molar-refractivity contribution in [2.75, 3.05) is 13.1 Å². The van der Waals surface area contributed by atoms with Gasteiger partial charge in [-0.15, -0.1) is 0 Å². The lowest BCUT2D eigenvalue weighted by Crippen LogP contribution is -2.60. The van der Waals surface area contributed by atoms with Gasteiger partial charge in [-0.05, 0) is 12.5 Å². The van der Waals surface area contributed by atoms with Crippen molar-refractivity contribution in [1.82, 2.24) is 4.90 Å². The second kappa shape index (κ2) is 3.75. The van der Waals surface area contributed by atoms with Crippen LogP contribution < -0.4 is 0 Å². The van der Waals surface area contributed by atoms with Gasteiger partial charge in [-0.25, -0.2) is 0 Å². The summed E-state index contributed by atoms with van der Waals surface area (Å²) in [5.41, 5.74) is 0.766. The average Bonchev–Trinajstić information content (AvgIpc) is 2.54. The summed E-state index contributed by atoms with van der Waals surface area (Å²) in [7, 11) is 0. The van der Waals surface area contributed by atoms with Gasteiger partial charge in [0, 0.05) is 25.2 Å². The van der Waals surface area contributed by atoms with Gasteiger partial charge in [0.1, 0.15) is 0 Å². The zero-order chi connectivity index (χ0) is 10.0. The number of hydrogen-bond donors (Lipinski definition) is 1. The Bertz CT molecular complexity index is 275. The summed E-state index contributed by atoms with van der Waals surface area (Å²) < 4.78 is 4.99. The van der Waals surface area contributed by atoms with Gasteiger partial charge in [-0.3, -0.25) is 4.90 Å². The van der Waals surface area contributed by atoms with Crippen molar-refractivity contribution >= 4 is 0 Å². The summed E-state index contributed by atoms with van der Waals surface area (Å²) in [6, 6.07) is 1.97. The molecular weight excluding hydrogens is 178 g/mol. The molecule has 0 aromatic carbocycles. The van der Waals surface area contributed by atoms with Crippen molar-refractivity contribution in [3.63, 3.8) is 0 Å². The van der Waals surface area contributed by atoms with E-state index in [1.54, 1.807) is 12.5 Å². The van der Waals surface area contributed by atoms with Crippen LogP contribution in [0.2, 0.25) is 0 Å². The van der Waals surface area contributed by atoms with Crippen molar-refractivity contribution in [2.45, 2.75) is 31.9 Å². The molecule has 0 unspecified atom stereocenters. The minimum absolute atomic E-state index is 0.418. The van der Waals surface area contributed by atoms with Crippen LogP contribution in [0.15, 0.2) is 23.0 Å². The van der Waals surface area contributed by atoms with Crippen LogP contribution in [-0.4, -0.2) is 28.7 Å². The highest BCUT2D eigenvalue weighted by Crippen LogP contribution is 2.27. The smallest absolute Gasteiger partial charge is 0.0947 e. The molecule has 1 aliphatic heterocycles. The third kappa shape index (κ3) is 1.99. The predicted molar refractivity (Wildman–Crippen MR) is 53.8 cm³/mol. The molecule has 0 radical (unpaired) electrons. The minimum atomic E-state index is -0.418. The van der Waals surface area contributed by atoms with E-state index in [1.165, 1.54) is 5.56 Å². The molecule has 2 rings (SSSR count). The van der Waals surface area contributed by atoms with E-state index in [-0.39, 0.29) is 0 Å². The van der Waals surface area contributed by atoms with E-state index >= 15 is 0 Å². The third-order valence-corrected chi connectivity index (χ3v) is 2.74. The lowest BCUT2D eigenvalue weighted by molar-refractivity contribution is -0.106. The van der Waals surface area contributed by atoms with Crippen molar-refractivity contribution in [3.8, 4) is 0 Å². The van der Waals surface area contributed by atoms with Gasteiger partial charge in [0.05, 0.1) is 18.1 Å². The Hall–Kier alpha value is -0.800. The van der Waals surface area contributed by atoms with Gasteiger partial charge in [-0.1, -0.05) is 13.3 Å². The van der Waals surface area contributed by atoms with Crippen molar-refractivity contribution in [2.24, 2.45) is 0 Å². The normalized spacial score (nSPS) is 20.7. The number of furan rings is 1. The van der Waals surface area contributed by atoms with Gasteiger partial charge in [0.15, 0.2) is 0 Å². The Morgan fingerprint density at radius 3 is 2.93 bits per heavy atom. The molecule has 3 heteroatoms. The standard InChI is InChI=1S/C11H17NO2/c1-2-4-11(13)8-12(9-11)6-10-3-5-14-7-10/h3,5,7,13H,2,4,6,8-9H2,1H3. The molecule has 1 aromatic heterocycles. The quantitative estimate of drug-likeness (QED) is 0.793. The molecule has 1 saturated heterocycles. The van der Waals surface area contributed by atoms with Gasteiger partial charge in [-0.2, -0.15) is 0 Å². The highest BCUT2D eigenvalue weighted by molar-refractivity contribution is 5.07. The fraction of sp³-hybridized carbons (Fsp3) is 0.636. The van der Waals surface area contributed by atoms with Crippen LogP contribution in [0, 0.1) is 0 Å². The first-order valence-corrected chi connectivity index (χ1v) is 5.18. The Kier molecular flexibility index (Phi) is 2.61. The number of rotatable bonds is 4. The largest absolute Gasteiger partial charge is 0.472 e. The molecule has 1 aliphatic rings. The Morgan fingerprint density at radius 2 is 2.36 bits per heavy atom. The first kappa shape index (κ1) is 9.74. The summed E-state index contributed by atoms with van der Waals surface area (Å²) in [6.45, 7) is 4.59. The van der Waals surface area contributed by atoms with Crippen LogP contribution in [0.1, 0.15) is 25.3 Å². The summed E-state index contributed by atoms with van der Waals surface area (Å²) in [4.78, 5) is 2.24. The van der Waals surface area contributed by atoms with Crippen LogP contribution in [0.5, 0.6) is 0 Å². The van der Waals surface area contributed by atoms with Crippen molar-refractivity contribution in [1.29, 1.82) is 0 Å². The minimum Gasteiger partial charge on any atom is -0.472 e. The van der Waals surface area contributed by atoms with Crippen LogP contribution in [0.25, 0.3) is 0 Å². The summed E-state index contributed by atoms with van der Waals surface area (Å²) >= 11 is 0. The zero-order valence-corrected chi connectivity index (χ0v) is 8.57. The second-order valence-electron chi connectivity index (χ2n) is 4.25. The van der Waals surface area contributed by atoms with Gasteiger partial charge >= 0.3 is 0 Å². The molecule has 3 nitrogen and oxygen atoms in total. The molecule has 0 saturated carbocycles. The molecule has 78 valence electrons. The van der Waals surface area contributed by atoms with Crippen LogP contribution in [0.4, 0.5) is 0 Å². The van der Waals surface area contributed by atoms with Crippen molar-refractivity contribution < 1.29 is 9.52 Å². The number of aliphatic hydroxyl groups is 1. The summed E-state index contributed by atoms with van der Waals surface area (Å²) in [5.74, 6) is 0. The number of β-amino-alcohol motifs (C(OH)–C–C–N with tert-alkyl or cyclic N) is 1. The molecule has 2 heterocycles. The molecule has 0 atom stereocenters. The third-order valence-electron chi connectivity index (χ3n) is 2.74. The fourth-order valence-electron chi connectivity index (χ4n) is 2.16. The number of nitrogens with zero attached hydrogens (tertiary/aromatic N) is 1. The maximum absolute atomic E-state index is 9.94. The first-order chi connectivity index (χ1) is 6.72. The van der Waals surface area contributed by atoms with E-state index in [9.17, 15) is 5.11 Å². The summed E-state index contributed by atoms with van der Waals surface area (Å²) in [6.07, 6.45) is 5.41. The molecular formula is C11H17NO2. The van der Waals surface area contributed by atoms with E-state index in [0.717, 1.165) is 32.5 Å². The molecule has 1 aromatic rings.